The number of nitrogens with one attached hydrogen (secondary N) is 1. The Bertz CT molecular complexity index is 598. The lowest BCUT2D eigenvalue weighted by Gasteiger charge is -2.05. The molecule has 0 radical (unpaired) electrons. The van der Waals surface area contributed by atoms with Gasteiger partial charge in [-0.1, -0.05) is 0 Å². The molecule has 1 N–H and O–H groups in total. The van der Waals surface area contributed by atoms with E-state index in [9.17, 15) is 9.59 Å². The zero-order valence-corrected chi connectivity index (χ0v) is 11.9. The van der Waals surface area contributed by atoms with Crippen molar-refractivity contribution in [2.75, 3.05) is 13.2 Å². The van der Waals surface area contributed by atoms with Gasteiger partial charge >= 0.3 is 5.97 Å². The number of ether oxygens (including phenoxy) is 1. The molecule has 0 aliphatic heterocycles. The van der Waals surface area contributed by atoms with Crippen molar-refractivity contribution >= 4 is 27.8 Å². The second-order valence-electron chi connectivity index (χ2n) is 3.76. The molecule has 6 nitrogen and oxygen atoms in total. The van der Waals surface area contributed by atoms with E-state index in [1.54, 1.807) is 18.3 Å². The number of furan rings is 1. The minimum Gasteiger partial charge on any atom is -0.458 e. The Hall–Kier alpha value is -2.15. The highest BCUT2D eigenvalue weighted by atomic mass is 79.9. The van der Waals surface area contributed by atoms with Gasteiger partial charge in [0.2, 0.25) is 5.76 Å². The predicted molar refractivity (Wildman–Crippen MR) is 73.3 cm³/mol. The Kier molecular flexibility index (Phi) is 4.89. The summed E-state index contributed by atoms with van der Waals surface area (Å²) in [5.41, 5.74) is 0.428. The van der Waals surface area contributed by atoms with Crippen molar-refractivity contribution in [1.82, 2.24) is 10.3 Å². The molecule has 0 unspecified atom stereocenters. The molecule has 0 bridgehead atoms. The Morgan fingerprint density at radius 2 is 2.25 bits per heavy atom. The summed E-state index contributed by atoms with van der Waals surface area (Å²) in [7, 11) is 0. The first-order valence-electron chi connectivity index (χ1n) is 5.76. The van der Waals surface area contributed by atoms with Crippen LogP contribution < -0.4 is 5.32 Å². The zero-order valence-electron chi connectivity index (χ0n) is 10.3. The van der Waals surface area contributed by atoms with Crippen molar-refractivity contribution in [2.24, 2.45) is 0 Å². The van der Waals surface area contributed by atoms with Crippen molar-refractivity contribution in [3.63, 3.8) is 0 Å². The van der Waals surface area contributed by atoms with Gasteiger partial charge in [0.05, 0.1) is 18.4 Å². The standard InChI is InChI=1S/C13H11BrN2O4/c14-10-6-9(7-15-8-10)12(17)16-3-5-20-13(18)11-2-1-4-19-11/h1-2,4,6-8H,3,5H2,(H,16,17). The third-order valence-corrected chi connectivity index (χ3v) is 2.74. The van der Waals surface area contributed by atoms with E-state index in [0.29, 0.717) is 5.56 Å². The smallest absolute Gasteiger partial charge is 0.374 e. The highest BCUT2D eigenvalue weighted by molar-refractivity contribution is 9.10. The second kappa shape index (κ2) is 6.85. The van der Waals surface area contributed by atoms with Crippen LogP contribution in [0.1, 0.15) is 20.9 Å². The maximum absolute atomic E-state index is 11.7. The number of esters is 1. The molecule has 0 aromatic carbocycles. The Balaban J connectivity index is 1.73. The molecule has 1 amide bonds. The summed E-state index contributed by atoms with van der Waals surface area (Å²) in [6.45, 7) is 0.268. The molecule has 20 heavy (non-hydrogen) atoms. The number of hydrogen-bond acceptors (Lipinski definition) is 5. The highest BCUT2D eigenvalue weighted by Crippen LogP contribution is 2.09. The molecule has 104 valence electrons. The maximum atomic E-state index is 11.7. The van der Waals surface area contributed by atoms with Gasteiger partial charge in [-0.3, -0.25) is 9.78 Å². The van der Waals surface area contributed by atoms with Gasteiger partial charge in [-0.25, -0.2) is 4.79 Å². The van der Waals surface area contributed by atoms with Crippen LogP contribution in [0.2, 0.25) is 0 Å². The van der Waals surface area contributed by atoms with Gasteiger partial charge in [0, 0.05) is 16.9 Å². The van der Waals surface area contributed by atoms with Crippen molar-refractivity contribution in [1.29, 1.82) is 0 Å². The normalized spacial score (nSPS) is 10.1. The van der Waals surface area contributed by atoms with Crippen LogP contribution in [0.5, 0.6) is 0 Å². The van der Waals surface area contributed by atoms with Crippen LogP contribution in [0.25, 0.3) is 0 Å². The minimum absolute atomic E-state index is 0.0622. The summed E-state index contributed by atoms with van der Waals surface area (Å²) in [5, 5.41) is 2.62. The molecule has 0 saturated heterocycles. The first kappa shape index (κ1) is 14.3. The topological polar surface area (TPSA) is 81.4 Å². The lowest BCUT2D eigenvalue weighted by atomic mass is 10.3. The van der Waals surface area contributed by atoms with Crippen molar-refractivity contribution in [3.8, 4) is 0 Å². The van der Waals surface area contributed by atoms with Crippen LogP contribution in [0, 0.1) is 0 Å². The van der Waals surface area contributed by atoms with Gasteiger partial charge in [0.15, 0.2) is 0 Å². The summed E-state index contributed by atoms with van der Waals surface area (Å²) in [4.78, 5) is 27.0. The Morgan fingerprint density at radius 1 is 1.40 bits per heavy atom. The number of carbonyl (C=O) groups excluding carboxylic acids is 2. The molecule has 2 aromatic heterocycles. The summed E-state index contributed by atoms with van der Waals surface area (Å²) in [6, 6.07) is 4.75. The molecule has 2 rings (SSSR count). The highest BCUT2D eigenvalue weighted by Gasteiger charge is 2.10. The van der Waals surface area contributed by atoms with E-state index in [0.717, 1.165) is 4.47 Å². The van der Waals surface area contributed by atoms with Crippen LogP contribution in [0.4, 0.5) is 0 Å². The molecule has 0 aliphatic rings. The van der Waals surface area contributed by atoms with Gasteiger partial charge in [-0.2, -0.15) is 0 Å². The summed E-state index contributed by atoms with van der Waals surface area (Å²) < 4.78 is 10.5. The summed E-state index contributed by atoms with van der Waals surface area (Å²) >= 11 is 3.23. The number of nitrogens with zero attached hydrogens (tertiary/aromatic N) is 1. The third-order valence-electron chi connectivity index (χ3n) is 2.31. The van der Waals surface area contributed by atoms with Gasteiger partial charge in [0.1, 0.15) is 6.61 Å². The fraction of sp³-hybridized carbons (Fsp3) is 0.154. The average molecular weight is 339 g/mol. The molecular weight excluding hydrogens is 328 g/mol. The Labute approximate surface area is 123 Å². The average Bonchev–Trinajstić information content (AvgIpc) is 2.97. The van der Waals surface area contributed by atoms with Crippen LogP contribution in [0.3, 0.4) is 0 Å². The zero-order chi connectivity index (χ0) is 14.4. The first-order chi connectivity index (χ1) is 9.66. The monoisotopic (exact) mass is 338 g/mol. The summed E-state index contributed by atoms with van der Waals surface area (Å²) in [5.74, 6) is -0.714. The van der Waals surface area contributed by atoms with Crippen LogP contribution in [-0.2, 0) is 4.74 Å². The van der Waals surface area contributed by atoms with Gasteiger partial charge in [0.25, 0.3) is 5.91 Å². The number of aromatic nitrogens is 1. The quantitative estimate of drug-likeness (QED) is 0.666. The first-order valence-corrected chi connectivity index (χ1v) is 6.55. The predicted octanol–water partition coefficient (Wildman–Crippen LogP) is 2.02. The molecular formula is C13H11BrN2O4. The van der Waals surface area contributed by atoms with Gasteiger partial charge in [-0.05, 0) is 34.1 Å². The molecule has 2 heterocycles. The number of rotatable bonds is 5. The van der Waals surface area contributed by atoms with E-state index in [-0.39, 0.29) is 24.8 Å². The van der Waals surface area contributed by atoms with E-state index in [2.05, 4.69) is 26.2 Å². The van der Waals surface area contributed by atoms with Crippen molar-refractivity contribution in [3.05, 3.63) is 52.7 Å². The van der Waals surface area contributed by atoms with E-state index >= 15 is 0 Å². The number of pyridine rings is 1. The fourth-order valence-corrected chi connectivity index (χ4v) is 1.78. The number of halogens is 1. The molecule has 0 atom stereocenters. The molecule has 0 saturated carbocycles. The lowest BCUT2D eigenvalue weighted by molar-refractivity contribution is 0.0468. The van der Waals surface area contributed by atoms with Crippen molar-refractivity contribution in [2.45, 2.75) is 0 Å². The lowest BCUT2D eigenvalue weighted by Crippen LogP contribution is -2.28. The minimum atomic E-state index is -0.562. The molecule has 0 aliphatic carbocycles. The van der Waals surface area contributed by atoms with Crippen LogP contribution in [0.15, 0.2) is 45.7 Å². The molecule has 0 fully saturated rings. The van der Waals surface area contributed by atoms with E-state index in [1.807, 2.05) is 0 Å². The largest absolute Gasteiger partial charge is 0.458 e. The van der Waals surface area contributed by atoms with Crippen LogP contribution >= 0.6 is 15.9 Å². The molecule has 0 spiro atoms. The van der Waals surface area contributed by atoms with Gasteiger partial charge in [-0.15, -0.1) is 0 Å². The van der Waals surface area contributed by atoms with E-state index < -0.39 is 5.97 Å². The van der Waals surface area contributed by atoms with E-state index in [1.165, 1.54) is 18.5 Å². The number of amides is 1. The Morgan fingerprint density at radius 3 is 2.95 bits per heavy atom. The maximum Gasteiger partial charge on any atom is 0.374 e. The second-order valence-corrected chi connectivity index (χ2v) is 4.68. The third kappa shape index (κ3) is 3.92. The SMILES string of the molecule is O=C(NCCOC(=O)c1ccco1)c1cncc(Br)c1. The summed E-state index contributed by atoms with van der Waals surface area (Å²) in [6.07, 6.45) is 4.43. The van der Waals surface area contributed by atoms with Crippen LogP contribution in [-0.4, -0.2) is 30.0 Å². The number of hydrogen-bond donors (Lipinski definition) is 1. The number of carbonyl (C=O) groups is 2. The molecule has 7 heteroatoms. The van der Waals surface area contributed by atoms with Gasteiger partial charge < -0.3 is 14.5 Å². The fourth-order valence-electron chi connectivity index (χ4n) is 1.41. The van der Waals surface area contributed by atoms with Crippen molar-refractivity contribution < 1.29 is 18.7 Å². The molecule has 2 aromatic rings. The van der Waals surface area contributed by atoms with E-state index in [4.69, 9.17) is 9.15 Å².